The van der Waals surface area contributed by atoms with Crippen LogP contribution in [0.15, 0.2) is 42.5 Å². The van der Waals surface area contributed by atoms with Crippen molar-refractivity contribution in [3.05, 3.63) is 42.5 Å². The van der Waals surface area contributed by atoms with Crippen LogP contribution >= 0.6 is 0 Å². The van der Waals surface area contributed by atoms with Crippen molar-refractivity contribution in [2.24, 2.45) is 5.92 Å². The van der Waals surface area contributed by atoms with Gasteiger partial charge in [0.05, 0.1) is 25.8 Å². The fraction of sp³-hybridized carbons (Fsp3) is 0.286. The first-order chi connectivity index (χ1) is 13.9. The van der Waals surface area contributed by atoms with Crippen molar-refractivity contribution in [2.75, 3.05) is 36.3 Å². The summed E-state index contributed by atoms with van der Waals surface area (Å²) >= 11 is 0. The van der Waals surface area contributed by atoms with E-state index in [4.69, 9.17) is 9.47 Å². The molecule has 1 fully saturated rings. The summed E-state index contributed by atoms with van der Waals surface area (Å²) in [5.41, 5.74) is 1.81. The number of methoxy groups -OCH3 is 2. The van der Waals surface area contributed by atoms with Crippen LogP contribution in [0.5, 0.6) is 11.5 Å². The Labute approximate surface area is 168 Å². The first-order valence-corrected chi connectivity index (χ1v) is 9.12. The van der Waals surface area contributed by atoms with Crippen LogP contribution in [0.3, 0.4) is 0 Å². The maximum absolute atomic E-state index is 12.7. The highest BCUT2D eigenvalue weighted by Crippen LogP contribution is 2.36. The molecule has 0 bridgehead atoms. The number of ether oxygens (including phenoxy) is 2. The molecule has 0 saturated carbocycles. The van der Waals surface area contributed by atoms with Crippen molar-refractivity contribution in [3.63, 3.8) is 0 Å². The topological polar surface area (TPSA) is 97.0 Å². The number of nitrogens with zero attached hydrogens (tertiary/aromatic N) is 1. The maximum atomic E-state index is 12.7. The van der Waals surface area contributed by atoms with E-state index in [1.807, 2.05) is 0 Å². The molecule has 2 aromatic carbocycles. The van der Waals surface area contributed by atoms with Crippen molar-refractivity contribution in [3.8, 4) is 11.5 Å². The van der Waals surface area contributed by atoms with E-state index in [9.17, 15) is 14.4 Å². The van der Waals surface area contributed by atoms with Crippen molar-refractivity contribution < 1.29 is 23.9 Å². The standard InChI is InChI=1S/C21H23N3O5/c1-13(25)22-15-4-6-16(7-5-15)23-21(27)14-10-20(26)24(12-14)18-11-17(28-2)8-9-19(18)29-3/h4-9,11,14H,10,12H2,1-3H3,(H,22,25)(H,23,27). The van der Waals surface area contributed by atoms with Gasteiger partial charge in [-0.05, 0) is 36.4 Å². The largest absolute Gasteiger partial charge is 0.497 e. The van der Waals surface area contributed by atoms with Crippen LogP contribution in [0.4, 0.5) is 17.1 Å². The number of amides is 3. The second kappa shape index (κ2) is 8.64. The van der Waals surface area contributed by atoms with Gasteiger partial charge in [0.1, 0.15) is 11.5 Å². The van der Waals surface area contributed by atoms with Gasteiger partial charge in [0.25, 0.3) is 0 Å². The number of hydrogen-bond donors (Lipinski definition) is 2. The van der Waals surface area contributed by atoms with Crippen molar-refractivity contribution in [2.45, 2.75) is 13.3 Å². The Hall–Kier alpha value is -3.55. The number of rotatable bonds is 6. The lowest BCUT2D eigenvalue weighted by Gasteiger charge is -2.20. The Balaban J connectivity index is 1.70. The van der Waals surface area contributed by atoms with Crippen LogP contribution in [0.2, 0.25) is 0 Å². The van der Waals surface area contributed by atoms with Gasteiger partial charge < -0.3 is 25.0 Å². The molecule has 1 aliphatic heterocycles. The molecule has 0 radical (unpaired) electrons. The first kappa shape index (κ1) is 20.2. The Morgan fingerprint density at radius 3 is 2.24 bits per heavy atom. The van der Waals surface area contributed by atoms with Crippen molar-refractivity contribution in [1.29, 1.82) is 0 Å². The molecule has 3 rings (SSSR count). The van der Waals surface area contributed by atoms with Crippen LogP contribution in [-0.2, 0) is 14.4 Å². The minimum atomic E-state index is -0.492. The van der Waals surface area contributed by atoms with Gasteiger partial charge in [-0.3, -0.25) is 14.4 Å². The van der Waals surface area contributed by atoms with E-state index >= 15 is 0 Å². The predicted molar refractivity (Wildman–Crippen MR) is 109 cm³/mol. The summed E-state index contributed by atoms with van der Waals surface area (Å²) in [5.74, 6) is 0.0787. The van der Waals surface area contributed by atoms with Crippen LogP contribution in [0.25, 0.3) is 0 Å². The highest BCUT2D eigenvalue weighted by molar-refractivity contribution is 6.04. The van der Waals surface area contributed by atoms with E-state index in [-0.39, 0.29) is 30.7 Å². The fourth-order valence-electron chi connectivity index (χ4n) is 3.21. The Bertz CT molecular complexity index is 926. The number of anilines is 3. The average molecular weight is 397 g/mol. The number of nitrogens with one attached hydrogen (secondary N) is 2. The molecule has 3 amide bonds. The summed E-state index contributed by atoms with van der Waals surface area (Å²) in [6, 6.07) is 12.0. The lowest BCUT2D eigenvalue weighted by molar-refractivity contribution is -0.122. The van der Waals surface area contributed by atoms with E-state index < -0.39 is 5.92 Å². The molecule has 0 aromatic heterocycles. The highest BCUT2D eigenvalue weighted by atomic mass is 16.5. The van der Waals surface area contributed by atoms with E-state index in [0.29, 0.717) is 28.6 Å². The van der Waals surface area contributed by atoms with Crippen LogP contribution in [-0.4, -0.2) is 38.5 Å². The molecule has 1 heterocycles. The summed E-state index contributed by atoms with van der Waals surface area (Å²) in [4.78, 5) is 37.9. The monoisotopic (exact) mass is 397 g/mol. The van der Waals surface area contributed by atoms with Gasteiger partial charge in [0.15, 0.2) is 0 Å². The third-order valence-electron chi connectivity index (χ3n) is 4.65. The zero-order valence-corrected chi connectivity index (χ0v) is 16.5. The van der Waals surface area contributed by atoms with Crippen LogP contribution < -0.4 is 25.0 Å². The molecule has 29 heavy (non-hydrogen) atoms. The summed E-state index contributed by atoms with van der Waals surface area (Å²) in [5, 5.41) is 5.49. The average Bonchev–Trinajstić information content (AvgIpc) is 3.10. The van der Waals surface area contributed by atoms with Gasteiger partial charge >= 0.3 is 0 Å². The quantitative estimate of drug-likeness (QED) is 0.781. The third kappa shape index (κ3) is 4.66. The zero-order chi connectivity index (χ0) is 21.0. The number of benzene rings is 2. The van der Waals surface area contributed by atoms with E-state index in [1.165, 1.54) is 14.0 Å². The van der Waals surface area contributed by atoms with Crippen molar-refractivity contribution >= 4 is 34.8 Å². The highest BCUT2D eigenvalue weighted by Gasteiger charge is 2.36. The van der Waals surface area contributed by atoms with Gasteiger partial charge in [0.2, 0.25) is 17.7 Å². The molecule has 0 aliphatic carbocycles. The Kier molecular flexibility index (Phi) is 6.01. The predicted octanol–water partition coefficient (Wildman–Crippen LogP) is 2.65. The van der Waals surface area contributed by atoms with Crippen LogP contribution in [0, 0.1) is 5.92 Å². The van der Waals surface area contributed by atoms with Gasteiger partial charge in [0, 0.05) is 37.3 Å². The fourth-order valence-corrected chi connectivity index (χ4v) is 3.21. The molecule has 1 atom stereocenters. The second-order valence-electron chi connectivity index (χ2n) is 6.69. The third-order valence-corrected chi connectivity index (χ3v) is 4.65. The molecule has 0 spiro atoms. The molecule has 152 valence electrons. The molecular weight excluding hydrogens is 374 g/mol. The zero-order valence-electron chi connectivity index (χ0n) is 16.5. The number of carbonyl (C=O) groups excluding carboxylic acids is 3. The van der Waals surface area contributed by atoms with Crippen LogP contribution in [0.1, 0.15) is 13.3 Å². The SMILES string of the molecule is COc1ccc(OC)c(N2CC(C(=O)Nc3ccc(NC(C)=O)cc3)CC2=O)c1. The molecule has 8 nitrogen and oxygen atoms in total. The molecule has 2 aromatic rings. The molecule has 1 unspecified atom stereocenters. The lowest BCUT2D eigenvalue weighted by atomic mass is 10.1. The van der Waals surface area contributed by atoms with E-state index in [1.54, 1.807) is 54.5 Å². The van der Waals surface area contributed by atoms with Gasteiger partial charge in [-0.1, -0.05) is 0 Å². The van der Waals surface area contributed by atoms with Gasteiger partial charge in [-0.15, -0.1) is 0 Å². The van der Waals surface area contributed by atoms with Gasteiger partial charge in [-0.2, -0.15) is 0 Å². The number of hydrogen-bond acceptors (Lipinski definition) is 5. The molecular formula is C21H23N3O5. The molecule has 1 aliphatic rings. The maximum Gasteiger partial charge on any atom is 0.229 e. The van der Waals surface area contributed by atoms with E-state index in [2.05, 4.69) is 10.6 Å². The minimum Gasteiger partial charge on any atom is -0.497 e. The smallest absolute Gasteiger partial charge is 0.229 e. The lowest BCUT2D eigenvalue weighted by Crippen LogP contribution is -2.28. The Morgan fingerprint density at radius 2 is 1.66 bits per heavy atom. The second-order valence-corrected chi connectivity index (χ2v) is 6.69. The molecule has 8 heteroatoms. The molecule has 2 N–H and O–H groups in total. The summed E-state index contributed by atoms with van der Waals surface area (Å²) in [7, 11) is 3.07. The van der Waals surface area contributed by atoms with E-state index in [0.717, 1.165) is 0 Å². The summed E-state index contributed by atoms with van der Waals surface area (Å²) in [6.07, 6.45) is 0.107. The minimum absolute atomic E-state index is 0.107. The number of carbonyl (C=O) groups is 3. The normalized spacial score (nSPS) is 15.8. The molecule has 1 saturated heterocycles. The Morgan fingerprint density at radius 1 is 1.00 bits per heavy atom. The summed E-state index contributed by atoms with van der Waals surface area (Å²) in [6.45, 7) is 1.67. The van der Waals surface area contributed by atoms with Gasteiger partial charge in [-0.25, -0.2) is 0 Å². The van der Waals surface area contributed by atoms with Crippen molar-refractivity contribution in [1.82, 2.24) is 0 Å². The first-order valence-electron chi connectivity index (χ1n) is 9.12. The summed E-state index contributed by atoms with van der Waals surface area (Å²) < 4.78 is 10.6.